The summed E-state index contributed by atoms with van der Waals surface area (Å²) < 4.78 is 0. The highest BCUT2D eigenvalue weighted by molar-refractivity contribution is 5.96. The van der Waals surface area contributed by atoms with Crippen molar-refractivity contribution in [2.75, 3.05) is 0 Å². The van der Waals surface area contributed by atoms with E-state index in [4.69, 9.17) is 0 Å². The molecule has 0 heterocycles. The largest absolute Gasteiger partial charge is 0.481 e. The van der Waals surface area contributed by atoms with Crippen LogP contribution >= 0.6 is 0 Å². The van der Waals surface area contributed by atoms with E-state index in [-0.39, 0.29) is 0 Å². The van der Waals surface area contributed by atoms with Gasteiger partial charge in [-0.3, -0.25) is 4.79 Å². The molecular formula is C15H14O2. The maximum absolute atomic E-state index is 11.4. The predicted molar refractivity (Wildman–Crippen MR) is 67.2 cm³/mol. The van der Waals surface area contributed by atoms with Gasteiger partial charge in [0.15, 0.2) is 0 Å². The highest BCUT2D eigenvalue weighted by atomic mass is 16.4. The van der Waals surface area contributed by atoms with Crippen molar-refractivity contribution in [2.45, 2.75) is 25.2 Å². The van der Waals surface area contributed by atoms with Gasteiger partial charge in [0, 0.05) is 0 Å². The maximum Gasteiger partial charge on any atom is 0.314 e. The van der Waals surface area contributed by atoms with Crippen LogP contribution in [0.4, 0.5) is 0 Å². The van der Waals surface area contributed by atoms with Gasteiger partial charge in [-0.2, -0.15) is 0 Å². The zero-order valence-corrected chi connectivity index (χ0v) is 9.73. The fraction of sp³-hybridized carbons (Fsp3) is 0.267. The summed E-state index contributed by atoms with van der Waals surface area (Å²) in [5.74, 6) is -0.688. The first-order chi connectivity index (χ1) is 8.15. The van der Waals surface area contributed by atoms with Gasteiger partial charge in [0.05, 0.1) is 5.41 Å². The van der Waals surface area contributed by atoms with E-state index in [1.54, 1.807) is 0 Å². The van der Waals surface area contributed by atoms with Crippen LogP contribution in [0.1, 0.15) is 24.0 Å². The van der Waals surface area contributed by atoms with Gasteiger partial charge in [0.25, 0.3) is 0 Å². The number of hydrogen-bond donors (Lipinski definition) is 1. The van der Waals surface area contributed by atoms with Crippen molar-refractivity contribution in [3.05, 3.63) is 47.5 Å². The molecule has 1 saturated carbocycles. The minimum atomic E-state index is -0.688. The van der Waals surface area contributed by atoms with Gasteiger partial charge in [-0.1, -0.05) is 36.4 Å². The standard InChI is InChI=1S/C15H14O2/c1-10-4-2-6-12-11(10)5-3-7-13(12)15(8-9-15)14(16)17/h2-7H,8-9H2,1H3,(H,16,17). The van der Waals surface area contributed by atoms with Crippen molar-refractivity contribution in [1.82, 2.24) is 0 Å². The molecule has 2 heteroatoms. The Balaban J connectivity index is 2.32. The first-order valence-electron chi connectivity index (χ1n) is 5.87. The lowest BCUT2D eigenvalue weighted by atomic mass is 9.90. The number of fused-ring (bicyclic) bond motifs is 1. The molecule has 0 aliphatic heterocycles. The maximum atomic E-state index is 11.4. The van der Waals surface area contributed by atoms with Gasteiger partial charge < -0.3 is 5.11 Å². The van der Waals surface area contributed by atoms with E-state index in [0.29, 0.717) is 0 Å². The molecule has 2 aromatic carbocycles. The minimum Gasteiger partial charge on any atom is -0.481 e. The smallest absolute Gasteiger partial charge is 0.314 e. The Bertz CT molecular complexity index is 609. The van der Waals surface area contributed by atoms with Crippen LogP contribution < -0.4 is 0 Å². The Morgan fingerprint density at radius 3 is 2.41 bits per heavy atom. The molecule has 0 unspecified atom stereocenters. The summed E-state index contributed by atoms with van der Waals surface area (Å²) in [6.45, 7) is 2.06. The van der Waals surface area contributed by atoms with Crippen LogP contribution in [0.3, 0.4) is 0 Å². The summed E-state index contributed by atoms with van der Waals surface area (Å²) in [6, 6.07) is 12.1. The lowest BCUT2D eigenvalue weighted by Gasteiger charge is -2.14. The van der Waals surface area contributed by atoms with Gasteiger partial charge in [0.1, 0.15) is 0 Å². The molecule has 0 saturated heterocycles. The summed E-state index contributed by atoms with van der Waals surface area (Å²) in [7, 11) is 0. The van der Waals surface area contributed by atoms with Crippen LogP contribution in [0.25, 0.3) is 10.8 Å². The van der Waals surface area contributed by atoms with Crippen molar-refractivity contribution in [1.29, 1.82) is 0 Å². The molecule has 2 nitrogen and oxygen atoms in total. The Labute approximate surface area is 99.9 Å². The van der Waals surface area contributed by atoms with Gasteiger partial charge in [-0.15, -0.1) is 0 Å². The molecule has 1 aliphatic carbocycles. The summed E-state index contributed by atoms with van der Waals surface area (Å²) in [6.07, 6.45) is 1.52. The molecule has 0 bridgehead atoms. The number of carbonyl (C=O) groups is 1. The number of benzene rings is 2. The third-order valence-corrected chi connectivity index (χ3v) is 3.82. The van der Waals surface area contributed by atoms with E-state index < -0.39 is 11.4 Å². The van der Waals surface area contributed by atoms with E-state index in [9.17, 15) is 9.90 Å². The number of carboxylic acids is 1. The average Bonchev–Trinajstić information content (AvgIpc) is 3.10. The molecule has 1 aliphatic rings. The van der Waals surface area contributed by atoms with Crippen LogP contribution in [0, 0.1) is 6.92 Å². The molecule has 3 rings (SSSR count). The van der Waals surface area contributed by atoms with Crippen molar-refractivity contribution in [2.24, 2.45) is 0 Å². The Morgan fingerprint density at radius 1 is 1.12 bits per heavy atom. The molecule has 0 amide bonds. The lowest BCUT2D eigenvalue weighted by molar-refractivity contribution is -0.139. The zero-order valence-electron chi connectivity index (χ0n) is 9.73. The predicted octanol–water partition coefficient (Wildman–Crippen LogP) is 3.26. The van der Waals surface area contributed by atoms with Gasteiger partial charge in [0.2, 0.25) is 0 Å². The Kier molecular flexibility index (Phi) is 2.02. The van der Waals surface area contributed by atoms with Crippen molar-refractivity contribution >= 4 is 16.7 Å². The fourth-order valence-electron chi connectivity index (χ4n) is 2.61. The zero-order chi connectivity index (χ0) is 12.0. The van der Waals surface area contributed by atoms with Crippen molar-refractivity contribution in [3.63, 3.8) is 0 Å². The Hall–Kier alpha value is -1.83. The summed E-state index contributed by atoms with van der Waals surface area (Å²) in [4.78, 5) is 11.4. The molecule has 2 aromatic rings. The summed E-state index contributed by atoms with van der Waals surface area (Å²) in [5.41, 5.74) is 1.56. The second kappa shape index (κ2) is 3.33. The first kappa shape index (κ1) is 10.3. The third kappa shape index (κ3) is 1.37. The first-order valence-corrected chi connectivity index (χ1v) is 5.87. The quantitative estimate of drug-likeness (QED) is 0.853. The monoisotopic (exact) mass is 226 g/mol. The van der Waals surface area contributed by atoms with E-state index in [0.717, 1.165) is 29.2 Å². The third-order valence-electron chi connectivity index (χ3n) is 3.82. The van der Waals surface area contributed by atoms with Gasteiger partial charge in [-0.25, -0.2) is 0 Å². The summed E-state index contributed by atoms with van der Waals surface area (Å²) in [5, 5.41) is 11.6. The highest BCUT2D eigenvalue weighted by Crippen LogP contribution is 2.50. The molecule has 0 aromatic heterocycles. The molecular weight excluding hydrogens is 212 g/mol. The molecule has 17 heavy (non-hydrogen) atoms. The van der Waals surface area contributed by atoms with E-state index in [1.807, 2.05) is 24.3 Å². The molecule has 0 atom stereocenters. The molecule has 0 spiro atoms. The van der Waals surface area contributed by atoms with Crippen LogP contribution in [0.2, 0.25) is 0 Å². The second-order valence-corrected chi connectivity index (χ2v) is 4.86. The van der Waals surface area contributed by atoms with Crippen molar-refractivity contribution < 1.29 is 9.90 Å². The molecule has 1 N–H and O–H groups in total. The second-order valence-electron chi connectivity index (χ2n) is 4.86. The van der Waals surface area contributed by atoms with Gasteiger partial charge >= 0.3 is 5.97 Å². The van der Waals surface area contributed by atoms with Crippen LogP contribution in [0.5, 0.6) is 0 Å². The van der Waals surface area contributed by atoms with Crippen LogP contribution in [-0.2, 0) is 10.2 Å². The fourth-order valence-corrected chi connectivity index (χ4v) is 2.61. The normalized spacial score (nSPS) is 17.0. The number of aryl methyl sites for hydroxylation is 1. The lowest BCUT2D eigenvalue weighted by Crippen LogP contribution is -2.19. The van der Waals surface area contributed by atoms with Gasteiger partial charge in [-0.05, 0) is 41.7 Å². The van der Waals surface area contributed by atoms with Crippen LogP contribution in [-0.4, -0.2) is 11.1 Å². The van der Waals surface area contributed by atoms with Crippen LogP contribution in [0.15, 0.2) is 36.4 Å². The van der Waals surface area contributed by atoms with Crippen molar-refractivity contribution in [3.8, 4) is 0 Å². The molecule has 86 valence electrons. The van der Waals surface area contributed by atoms with E-state index in [1.165, 1.54) is 5.56 Å². The average molecular weight is 226 g/mol. The SMILES string of the molecule is Cc1cccc2c(C3(C(=O)O)CC3)cccc12. The Morgan fingerprint density at radius 2 is 1.76 bits per heavy atom. The van der Waals surface area contributed by atoms with E-state index in [2.05, 4.69) is 19.1 Å². The number of carboxylic acid groups (broad SMARTS) is 1. The number of rotatable bonds is 2. The minimum absolute atomic E-state index is 0.618. The topological polar surface area (TPSA) is 37.3 Å². The van der Waals surface area contributed by atoms with E-state index >= 15 is 0 Å². The highest BCUT2D eigenvalue weighted by Gasteiger charge is 2.52. The summed E-state index contributed by atoms with van der Waals surface area (Å²) >= 11 is 0. The number of aliphatic carboxylic acids is 1. The molecule has 1 fully saturated rings. The molecule has 0 radical (unpaired) electrons. The number of hydrogen-bond acceptors (Lipinski definition) is 1.